The Bertz CT molecular complexity index is 728. The fourth-order valence-electron chi connectivity index (χ4n) is 5.37. The molecule has 228 valence electrons. The molecule has 2 amide bonds. The molecule has 39 heavy (non-hydrogen) atoms. The molecule has 10 N–H and O–H groups in total. The van der Waals surface area contributed by atoms with E-state index in [0.717, 1.165) is 19.3 Å². The van der Waals surface area contributed by atoms with Crippen molar-refractivity contribution in [3.05, 3.63) is 0 Å². The fraction of sp³-hybridized carbons (Fsp3) is 0.920. The molecule has 2 unspecified atom stereocenters. The van der Waals surface area contributed by atoms with Crippen LogP contribution < -0.4 is 10.6 Å². The largest absolute Gasteiger partial charge is 0.394 e. The van der Waals surface area contributed by atoms with Crippen LogP contribution in [0.1, 0.15) is 71.6 Å². The predicted molar refractivity (Wildman–Crippen MR) is 135 cm³/mol. The maximum atomic E-state index is 11.6. The summed E-state index contributed by atoms with van der Waals surface area (Å²) < 4.78 is 11.0. The van der Waals surface area contributed by atoms with E-state index in [0.29, 0.717) is 25.7 Å². The third-order valence-electron chi connectivity index (χ3n) is 7.47. The molecule has 0 saturated carbocycles. The van der Waals surface area contributed by atoms with Gasteiger partial charge in [0.2, 0.25) is 11.8 Å². The molecule has 2 fully saturated rings. The number of nitrogens with one attached hydrogen (secondary N) is 2. The second kappa shape index (κ2) is 15.0. The Kier molecular flexibility index (Phi) is 12.9. The molecule has 2 heterocycles. The fourth-order valence-corrected chi connectivity index (χ4v) is 5.37. The molecule has 2 aliphatic rings. The van der Waals surface area contributed by atoms with Crippen LogP contribution in [0.25, 0.3) is 0 Å². The molecule has 0 radical (unpaired) electrons. The van der Waals surface area contributed by atoms with Gasteiger partial charge in [-0.3, -0.25) is 9.59 Å². The van der Waals surface area contributed by atoms with Gasteiger partial charge < -0.3 is 61.0 Å². The maximum absolute atomic E-state index is 11.6. The monoisotopic (exact) mass is 566 g/mol. The van der Waals surface area contributed by atoms with Gasteiger partial charge in [0.15, 0.2) is 11.6 Å². The zero-order valence-corrected chi connectivity index (χ0v) is 22.6. The van der Waals surface area contributed by atoms with Crippen molar-refractivity contribution in [1.29, 1.82) is 0 Å². The van der Waals surface area contributed by atoms with E-state index in [1.165, 1.54) is 13.8 Å². The average Bonchev–Trinajstić information content (AvgIpc) is 2.88. The Morgan fingerprint density at radius 3 is 1.21 bits per heavy atom. The van der Waals surface area contributed by atoms with Gasteiger partial charge in [-0.2, -0.15) is 0 Å². The van der Waals surface area contributed by atoms with Crippen molar-refractivity contribution < 1.29 is 59.9 Å². The van der Waals surface area contributed by atoms with Crippen LogP contribution in [0.3, 0.4) is 0 Å². The number of hydrogen-bond donors (Lipinski definition) is 10. The molecule has 2 saturated heterocycles. The minimum absolute atomic E-state index is 0.0628. The molecule has 2 aliphatic heterocycles. The Morgan fingerprint density at radius 1 is 0.615 bits per heavy atom. The topological polar surface area (TPSA) is 238 Å². The maximum Gasteiger partial charge on any atom is 0.217 e. The van der Waals surface area contributed by atoms with Gasteiger partial charge in [0.25, 0.3) is 0 Å². The van der Waals surface area contributed by atoms with Gasteiger partial charge in [0, 0.05) is 26.7 Å². The smallest absolute Gasteiger partial charge is 0.217 e. The summed E-state index contributed by atoms with van der Waals surface area (Å²) in [5.41, 5.74) is 0. The third-order valence-corrected chi connectivity index (χ3v) is 7.47. The summed E-state index contributed by atoms with van der Waals surface area (Å²) in [6.45, 7) is 1.21. The van der Waals surface area contributed by atoms with Crippen LogP contribution in [0, 0.1) is 0 Å². The van der Waals surface area contributed by atoms with Gasteiger partial charge in [-0.15, -0.1) is 0 Å². The summed E-state index contributed by atoms with van der Waals surface area (Å²) in [4.78, 5) is 23.1. The molecule has 0 bridgehead atoms. The highest BCUT2D eigenvalue weighted by Crippen LogP contribution is 2.34. The molecule has 2 rings (SSSR count). The lowest BCUT2D eigenvalue weighted by atomic mass is 9.86. The van der Waals surface area contributed by atoms with Crippen molar-refractivity contribution in [3.63, 3.8) is 0 Å². The number of ether oxygens (including phenoxy) is 2. The molecular formula is C25H46N2O12. The number of amides is 2. The van der Waals surface area contributed by atoms with Gasteiger partial charge in [-0.25, -0.2) is 0 Å². The first-order valence-electron chi connectivity index (χ1n) is 13.6. The van der Waals surface area contributed by atoms with Crippen LogP contribution in [0.15, 0.2) is 0 Å². The van der Waals surface area contributed by atoms with Crippen LogP contribution in [0.4, 0.5) is 0 Å². The molecule has 0 aromatic heterocycles. The van der Waals surface area contributed by atoms with Crippen molar-refractivity contribution in [1.82, 2.24) is 10.6 Å². The second-order valence-electron chi connectivity index (χ2n) is 10.7. The summed E-state index contributed by atoms with van der Waals surface area (Å²) in [5.74, 6) is -4.94. The Hall–Kier alpha value is -1.46. The highest BCUT2D eigenvalue weighted by atomic mass is 16.7. The van der Waals surface area contributed by atoms with Crippen molar-refractivity contribution in [2.75, 3.05) is 13.2 Å². The van der Waals surface area contributed by atoms with Crippen molar-refractivity contribution in [3.8, 4) is 0 Å². The summed E-state index contributed by atoms with van der Waals surface area (Å²) >= 11 is 0. The molecule has 0 aromatic rings. The van der Waals surface area contributed by atoms with Crippen LogP contribution in [0.2, 0.25) is 0 Å². The van der Waals surface area contributed by atoms with E-state index in [1.54, 1.807) is 0 Å². The van der Waals surface area contributed by atoms with Crippen molar-refractivity contribution >= 4 is 11.8 Å². The highest BCUT2D eigenvalue weighted by molar-refractivity contribution is 5.73. The Morgan fingerprint density at radius 2 is 0.923 bits per heavy atom. The number of aliphatic hydroxyl groups is 8. The summed E-state index contributed by atoms with van der Waals surface area (Å²) in [6.07, 6.45) is -3.46. The average molecular weight is 567 g/mol. The minimum Gasteiger partial charge on any atom is -0.394 e. The van der Waals surface area contributed by atoms with Gasteiger partial charge in [0.1, 0.15) is 48.7 Å². The van der Waals surface area contributed by atoms with E-state index in [2.05, 4.69) is 10.6 Å². The first-order valence-corrected chi connectivity index (χ1v) is 13.6. The number of unbranched alkanes of at least 4 members (excludes halogenated alkanes) is 6. The Balaban J connectivity index is 1.77. The third kappa shape index (κ3) is 8.76. The van der Waals surface area contributed by atoms with Crippen molar-refractivity contribution in [2.45, 2.75) is 132 Å². The van der Waals surface area contributed by atoms with Crippen LogP contribution >= 0.6 is 0 Å². The second-order valence-corrected chi connectivity index (χ2v) is 10.7. The van der Waals surface area contributed by atoms with E-state index in [4.69, 9.17) is 9.47 Å². The normalized spacial score (nSPS) is 38.8. The summed E-state index contributed by atoms with van der Waals surface area (Å²) in [7, 11) is 0. The zero-order chi connectivity index (χ0) is 29.4. The number of carbonyl (C=O) groups is 2. The van der Waals surface area contributed by atoms with Gasteiger partial charge in [-0.05, 0) is 12.8 Å². The van der Waals surface area contributed by atoms with E-state index in [-0.39, 0.29) is 12.8 Å². The van der Waals surface area contributed by atoms with E-state index in [1.807, 2.05) is 0 Å². The molecule has 0 aliphatic carbocycles. The van der Waals surface area contributed by atoms with Gasteiger partial charge >= 0.3 is 0 Å². The number of aliphatic hydroxyl groups excluding tert-OH is 6. The quantitative estimate of drug-likeness (QED) is 0.0954. The zero-order valence-electron chi connectivity index (χ0n) is 22.6. The van der Waals surface area contributed by atoms with Crippen molar-refractivity contribution in [2.24, 2.45) is 0 Å². The molecule has 10 atom stereocenters. The number of hydrogen-bond acceptors (Lipinski definition) is 12. The lowest BCUT2D eigenvalue weighted by Gasteiger charge is -2.48. The van der Waals surface area contributed by atoms with Gasteiger partial charge in [0.05, 0.1) is 13.2 Å². The standard InChI is InChI=1S/C25H46N2O12/c1-14(30)26-22-20(34)18(32)16(12-28)38-24(22,36)10-8-6-4-3-5-7-9-11-25(37)23(27-15(2)31)21(35)19(33)17(13-29)39-25/h16-23,28-29,32-37H,3-13H2,1-2H3,(H,26,30)(H,27,31)/t16-,17-,18-,19-,20+,21+,22-,23-,24?,25?/m1/s1. The van der Waals surface area contributed by atoms with E-state index < -0.39 is 85.3 Å². The van der Waals surface area contributed by atoms with E-state index in [9.17, 15) is 50.4 Å². The molecule has 0 spiro atoms. The lowest BCUT2D eigenvalue weighted by Crippen LogP contribution is -2.70. The molecule has 14 heteroatoms. The molecule has 0 aromatic carbocycles. The van der Waals surface area contributed by atoms with Crippen LogP contribution in [0.5, 0.6) is 0 Å². The van der Waals surface area contributed by atoms with Crippen LogP contribution in [-0.4, -0.2) is 126 Å². The van der Waals surface area contributed by atoms with E-state index >= 15 is 0 Å². The summed E-state index contributed by atoms with van der Waals surface area (Å²) in [5, 5.41) is 86.6. The SMILES string of the molecule is CC(=O)N[C@@H]1[C@@H](O)[C@H](O)[C@@H](CO)OC1(O)CCCCCCCCCC1(O)O[C@H](CO)[C@@H](O)[C@H](O)[C@H]1NC(C)=O. The highest BCUT2D eigenvalue weighted by Gasteiger charge is 2.54. The van der Waals surface area contributed by atoms with Gasteiger partial charge in [-0.1, -0.05) is 32.1 Å². The number of carbonyl (C=O) groups excluding carboxylic acids is 2. The minimum atomic E-state index is -1.96. The summed E-state index contributed by atoms with van der Waals surface area (Å²) in [6, 6.07) is -2.51. The van der Waals surface area contributed by atoms with Crippen LogP contribution in [-0.2, 0) is 19.1 Å². The molecule has 14 nitrogen and oxygen atoms in total. The first-order chi connectivity index (χ1) is 18.3. The lowest BCUT2D eigenvalue weighted by molar-refractivity contribution is -0.321. The first kappa shape index (κ1) is 33.7. The number of rotatable bonds is 14. The predicted octanol–water partition coefficient (Wildman–Crippen LogP) is -2.89. The molecular weight excluding hydrogens is 520 g/mol. The Labute approximate surface area is 227 Å².